The third-order valence-electron chi connectivity index (χ3n) is 8.17. The first-order valence-corrected chi connectivity index (χ1v) is 16.0. The van der Waals surface area contributed by atoms with Gasteiger partial charge in [-0.25, -0.2) is 0 Å². The highest BCUT2D eigenvalue weighted by molar-refractivity contribution is 7.42. The van der Waals surface area contributed by atoms with Crippen LogP contribution in [-0.2, 0) is 37.1 Å². The summed E-state index contributed by atoms with van der Waals surface area (Å²) < 4.78 is 25.0. The van der Waals surface area contributed by atoms with Crippen LogP contribution in [0.15, 0.2) is 30.3 Å². The van der Waals surface area contributed by atoms with Crippen molar-refractivity contribution in [2.45, 2.75) is 136 Å². The van der Waals surface area contributed by atoms with Crippen LogP contribution in [0.4, 0.5) is 0 Å². The fourth-order valence-corrected chi connectivity index (χ4v) is 7.29. The lowest BCUT2D eigenvalue weighted by Gasteiger charge is -2.33. The summed E-state index contributed by atoms with van der Waals surface area (Å²) in [5.41, 5.74) is 5.99. The normalized spacial score (nSPS) is 22.2. The quantitative estimate of drug-likeness (QED) is 0.323. The maximum absolute atomic E-state index is 6.53. The second-order valence-electron chi connectivity index (χ2n) is 15.2. The highest BCUT2D eigenvalue weighted by Crippen LogP contribution is 2.55. The van der Waals surface area contributed by atoms with Crippen molar-refractivity contribution in [3.63, 3.8) is 0 Å². The number of rotatable bonds is 6. The van der Waals surface area contributed by atoms with E-state index in [1.807, 2.05) is 0 Å². The summed E-state index contributed by atoms with van der Waals surface area (Å²) in [7, 11) is 1.11. The molecular formula is C33H50O4P2. The van der Waals surface area contributed by atoms with Crippen LogP contribution in [0.1, 0.15) is 123 Å². The predicted octanol–water partition coefficient (Wildman–Crippen LogP) is 9.84. The molecule has 3 unspecified atom stereocenters. The minimum Gasteiger partial charge on any atom is -0.480 e. The van der Waals surface area contributed by atoms with E-state index in [0.29, 0.717) is 0 Å². The molecule has 0 radical (unpaired) electrons. The Balaban J connectivity index is 1.78. The lowest BCUT2D eigenvalue weighted by atomic mass is 9.73. The van der Waals surface area contributed by atoms with Crippen LogP contribution in [0.5, 0.6) is 11.5 Å². The van der Waals surface area contributed by atoms with Crippen LogP contribution in [0.25, 0.3) is 0 Å². The number of hydrogen-bond acceptors (Lipinski definition) is 4. The maximum Gasteiger partial charge on any atom is 0.397 e. The van der Waals surface area contributed by atoms with E-state index >= 15 is 0 Å². The summed E-state index contributed by atoms with van der Waals surface area (Å²) in [6, 6.07) is 11.3. The van der Waals surface area contributed by atoms with Gasteiger partial charge in [-0.05, 0) is 70.1 Å². The Morgan fingerprint density at radius 1 is 0.769 bits per heavy atom. The van der Waals surface area contributed by atoms with Gasteiger partial charge in [-0.1, -0.05) is 100 Å². The summed E-state index contributed by atoms with van der Waals surface area (Å²) in [6.45, 7) is 25.0. The Morgan fingerprint density at radius 3 is 1.85 bits per heavy atom. The van der Waals surface area contributed by atoms with Crippen molar-refractivity contribution in [1.82, 2.24) is 0 Å². The van der Waals surface area contributed by atoms with Gasteiger partial charge in [0.25, 0.3) is 0 Å². The van der Waals surface area contributed by atoms with Crippen LogP contribution >= 0.6 is 18.1 Å². The van der Waals surface area contributed by atoms with Gasteiger partial charge in [0, 0.05) is 11.1 Å². The summed E-state index contributed by atoms with van der Waals surface area (Å²) >= 11 is 0. The van der Waals surface area contributed by atoms with Crippen molar-refractivity contribution in [1.29, 1.82) is 0 Å². The van der Waals surface area contributed by atoms with Crippen molar-refractivity contribution < 1.29 is 18.1 Å². The van der Waals surface area contributed by atoms with Gasteiger partial charge in [0.1, 0.15) is 11.5 Å². The third kappa shape index (κ3) is 6.83. The smallest absolute Gasteiger partial charge is 0.397 e. The Kier molecular flexibility index (Phi) is 8.60. The minimum atomic E-state index is -1.39. The van der Waals surface area contributed by atoms with Crippen LogP contribution in [-0.4, -0.2) is 12.2 Å². The molecule has 2 aromatic rings. The summed E-state index contributed by atoms with van der Waals surface area (Å²) in [5.74, 6) is 1.82. The molecule has 0 N–H and O–H groups in total. The van der Waals surface area contributed by atoms with E-state index in [-0.39, 0.29) is 33.9 Å². The van der Waals surface area contributed by atoms with Gasteiger partial charge in [-0.15, -0.1) is 0 Å². The van der Waals surface area contributed by atoms with Crippen LogP contribution < -0.4 is 9.05 Å². The highest BCUT2D eigenvalue weighted by Gasteiger charge is 2.43. The summed E-state index contributed by atoms with van der Waals surface area (Å²) in [4.78, 5) is 0. The number of fused-ring (bicyclic) bond motifs is 1. The van der Waals surface area contributed by atoms with Gasteiger partial charge in [-0.2, -0.15) is 0 Å². The van der Waals surface area contributed by atoms with E-state index in [1.165, 1.54) is 34.2 Å². The van der Waals surface area contributed by atoms with Gasteiger partial charge in [0.2, 0.25) is 0 Å². The Labute approximate surface area is 241 Å². The summed E-state index contributed by atoms with van der Waals surface area (Å²) in [5, 5.41) is 0. The molecule has 39 heavy (non-hydrogen) atoms. The first kappa shape index (κ1) is 30.8. The molecule has 4 nitrogen and oxygen atoms in total. The van der Waals surface area contributed by atoms with E-state index in [0.717, 1.165) is 30.8 Å². The lowest BCUT2D eigenvalue weighted by molar-refractivity contribution is 0.187. The Hall–Kier alpha value is -1.18. The molecule has 2 fully saturated rings. The van der Waals surface area contributed by atoms with Crippen molar-refractivity contribution in [3.8, 4) is 11.5 Å². The van der Waals surface area contributed by atoms with Crippen molar-refractivity contribution in [2.75, 3.05) is 0 Å². The fourth-order valence-electron chi connectivity index (χ4n) is 5.63. The topological polar surface area (TPSA) is 36.9 Å². The summed E-state index contributed by atoms with van der Waals surface area (Å²) in [6.07, 6.45) is 4.46. The second-order valence-corrected chi connectivity index (χ2v) is 16.5. The first-order valence-electron chi connectivity index (χ1n) is 14.4. The molecule has 2 aliphatic rings. The maximum atomic E-state index is 6.53. The molecule has 0 bridgehead atoms. The molecule has 1 heterocycles. The molecule has 0 spiro atoms. The minimum absolute atomic E-state index is 0.0198. The zero-order chi connectivity index (χ0) is 29.0. The molecule has 6 heteroatoms. The van der Waals surface area contributed by atoms with Gasteiger partial charge in [0.15, 0.2) is 0 Å². The molecule has 1 aliphatic carbocycles. The van der Waals surface area contributed by atoms with E-state index < -0.39 is 8.60 Å². The molecule has 1 aliphatic heterocycles. The Bertz CT molecular complexity index is 1170. The van der Waals surface area contributed by atoms with Crippen LogP contribution in [0.2, 0.25) is 0 Å². The van der Waals surface area contributed by atoms with Gasteiger partial charge in [-0.3, -0.25) is 9.05 Å². The lowest BCUT2D eigenvalue weighted by Crippen LogP contribution is -2.25. The van der Waals surface area contributed by atoms with Crippen LogP contribution in [0.3, 0.4) is 0 Å². The zero-order valence-electron chi connectivity index (χ0n) is 26.0. The van der Waals surface area contributed by atoms with E-state index in [4.69, 9.17) is 18.1 Å². The highest BCUT2D eigenvalue weighted by atomic mass is 31.2. The van der Waals surface area contributed by atoms with Crippen molar-refractivity contribution in [2.24, 2.45) is 0 Å². The molecule has 4 rings (SSSR count). The van der Waals surface area contributed by atoms with Gasteiger partial charge < -0.3 is 9.05 Å². The first-order chi connectivity index (χ1) is 17.9. The average molecular weight is 573 g/mol. The Morgan fingerprint density at radius 2 is 1.33 bits per heavy atom. The molecule has 0 aromatic heterocycles. The van der Waals surface area contributed by atoms with E-state index in [9.17, 15) is 0 Å². The largest absolute Gasteiger partial charge is 0.480 e. The van der Waals surface area contributed by atoms with E-state index in [1.54, 1.807) is 0 Å². The molecule has 216 valence electrons. The standard InChI is InChI=1S/C33H50O4P2/c1-30(2,3)22-15-16-26(35-39-36-27-13-12-14-28(27)37-39)24(18-22)33(10,11)20-21-17-23(31(4,5)6)19-25(29(21)34-38)32(7,8)9/h15-19,27-28H,12-14,20,38H2,1-11H3. The zero-order valence-corrected chi connectivity index (χ0v) is 28.1. The fraction of sp³-hybridized carbons (Fsp3) is 0.636. The predicted molar refractivity (Wildman–Crippen MR) is 167 cm³/mol. The molecule has 3 atom stereocenters. The van der Waals surface area contributed by atoms with E-state index in [2.05, 4.69) is 116 Å². The molecule has 0 amide bonds. The monoisotopic (exact) mass is 572 g/mol. The third-order valence-corrected chi connectivity index (χ3v) is 9.64. The van der Waals surface area contributed by atoms with Gasteiger partial charge in [0.05, 0.1) is 21.7 Å². The molecular weight excluding hydrogens is 522 g/mol. The molecule has 1 saturated carbocycles. The average Bonchev–Trinajstić information content (AvgIpc) is 3.38. The molecule has 1 saturated heterocycles. The number of benzene rings is 2. The van der Waals surface area contributed by atoms with Crippen molar-refractivity contribution in [3.05, 3.63) is 58.1 Å². The molecule has 2 aromatic carbocycles. The van der Waals surface area contributed by atoms with Crippen LogP contribution in [0, 0.1) is 0 Å². The SMILES string of the molecule is CC(C)(C)c1cc(CC(C)(C)c2cc(C(C)(C)C)ccc2OP2OC3CCCC3O2)c(OP)c(C(C)(C)C)c1. The van der Waals surface area contributed by atoms with Crippen molar-refractivity contribution >= 4 is 18.1 Å². The number of hydrogen-bond donors (Lipinski definition) is 0. The second kappa shape index (κ2) is 10.9. The van der Waals surface area contributed by atoms with Gasteiger partial charge >= 0.3 is 8.60 Å².